The first-order valence-electron chi connectivity index (χ1n) is 22.5. The maximum Gasteiger partial charge on any atom is 0.475 e. The van der Waals surface area contributed by atoms with Crippen LogP contribution >= 0.6 is 35.1 Å². The van der Waals surface area contributed by atoms with Crippen molar-refractivity contribution < 1.29 is 73.4 Å². The van der Waals surface area contributed by atoms with Crippen LogP contribution in [0.4, 0.5) is 5.69 Å². The Kier molecular flexibility index (Phi) is 22.4. The van der Waals surface area contributed by atoms with Gasteiger partial charge in [-0.2, -0.15) is 26.3 Å². The first-order chi connectivity index (χ1) is 33.3. The van der Waals surface area contributed by atoms with Gasteiger partial charge < -0.3 is 23.8 Å². The Morgan fingerprint density at radius 1 is 0.623 bits per heavy atom. The van der Waals surface area contributed by atoms with Crippen molar-refractivity contribution in [1.29, 1.82) is 26.3 Å². The monoisotopic (exact) mass is 1040 g/mol. The molecule has 1 spiro atoms. The third-order valence-corrected chi connectivity index (χ3v) is 15.8. The number of nitriles is 5. The van der Waals surface area contributed by atoms with Crippen LogP contribution in [0.25, 0.3) is 0 Å². The molecule has 0 aromatic heterocycles. The fourth-order valence-corrected chi connectivity index (χ4v) is 12.3. The summed E-state index contributed by atoms with van der Waals surface area (Å²) in [4.78, 5) is 2.07. The fourth-order valence-electron chi connectivity index (χ4n) is 8.10. The number of hydrogen-bond acceptors (Lipinski definition) is 22. The average Bonchev–Trinajstić information content (AvgIpc) is 3.96. The van der Waals surface area contributed by atoms with E-state index < -0.39 is 105 Å². The number of piperidine rings is 1. The summed E-state index contributed by atoms with van der Waals surface area (Å²) in [6.07, 6.45) is -3.76. The normalized spacial score (nSPS) is 24.7. The molecule has 2 aliphatic heterocycles. The van der Waals surface area contributed by atoms with Crippen LogP contribution in [0.15, 0.2) is 24.3 Å². The second kappa shape index (κ2) is 27.4. The van der Waals surface area contributed by atoms with Crippen LogP contribution in [0, 0.1) is 69.0 Å². The molecule has 0 radical (unpaired) electrons. The van der Waals surface area contributed by atoms with Gasteiger partial charge in [0.2, 0.25) is 0 Å². The molecule has 1 aromatic carbocycles. The lowest BCUT2D eigenvalue weighted by atomic mass is 9.84. The number of hydrogen-bond donors (Lipinski definition) is 0. The van der Waals surface area contributed by atoms with Gasteiger partial charge in [-0.05, 0) is 44.0 Å². The van der Waals surface area contributed by atoms with Gasteiger partial charge in [-0.1, -0.05) is 11.6 Å². The van der Waals surface area contributed by atoms with E-state index in [9.17, 15) is 40.0 Å². The van der Waals surface area contributed by atoms with Gasteiger partial charge in [0, 0.05) is 62.5 Å². The van der Waals surface area contributed by atoms with E-state index in [2.05, 4.69) is 10.8 Å². The Balaban J connectivity index is 1.74. The zero-order valence-electron chi connectivity index (χ0n) is 38.1. The van der Waals surface area contributed by atoms with Crippen LogP contribution in [0.5, 0.6) is 0 Å². The van der Waals surface area contributed by atoms with Gasteiger partial charge in [0.25, 0.3) is 0 Å². The molecule has 376 valence electrons. The van der Waals surface area contributed by atoms with E-state index in [0.717, 1.165) is 5.69 Å². The summed E-state index contributed by atoms with van der Waals surface area (Å²) in [5.74, 6) is -0.532. The molecule has 22 nitrogen and oxygen atoms in total. The number of phosphoric ester groups is 3. The number of benzene rings is 1. The molecule has 69 heavy (non-hydrogen) atoms. The number of rotatable bonds is 29. The summed E-state index contributed by atoms with van der Waals surface area (Å²) in [5.41, 5.74) is 0.854. The Morgan fingerprint density at radius 3 is 1.41 bits per heavy atom. The summed E-state index contributed by atoms with van der Waals surface area (Å²) in [7, 11) is -14.7. The highest BCUT2D eigenvalue weighted by Gasteiger charge is 2.67. The van der Waals surface area contributed by atoms with Crippen LogP contribution in [-0.4, -0.2) is 108 Å². The van der Waals surface area contributed by atoms with E-state index in [0.29, 0.717) is 43.8 Å². The Hall–Kier alpha value is -3.51. The van der Waals surface area contributed by atoms with Crippen LogP contribution in [0.2, 0.25) is 5.02 Å². The topological polar surface area (TPSA) is 293 Å². The minimum Gasteiger partial charge on any atom is -0.371 e. The van der Waals surface area contributed by atoms with Crippen molar-refractivity contribution in [2.24, 2.45) is 0 Å². The van der Waals surface area contributed by atoms with E-state index in [1.165, 1.54) is 0 Å². The first-order valence-corrected chi connectivity index (χ1v) is 27.2. The molecule has 0 N–H and O–H groups in total. The van der Waals surface area contributed by atoms with Gasteiger partial charge in [-0.25, -0.2) is 13.7 Å². The number of nitrogens with zero attached hydrogens (tertiary/aromatic N) is 6. The highest BCUT2D eigenvalue weighted by atomic mass is 35.5. The molecule has 2 saturated carbocycles. The predicted molar refractivity (Wildman–Crippen MR) is 241 cm³/mol. The van der Waals surface area contributed by atoms with Gasteiger partial charge in [-0.15, -0.1) is 12.3 Å². The van der Waals surface area contributed by atoms with Crippen molar-refractivity contribution in [2.45, 2.75) is 132 Å². The number of terminal acetylenes is 1. The quantitative estimate of drug-likeness (QED) is 0.0315. The van der Waals surface area contributed by atoms with E-state index >= 15 is 0 Å². The van der Waals surface area contributed by atoms with Gasteiger partial charge in [0.15, 0.2) is 11.6 Å². The number of halogens is 1. The predicted octanol–water partition coefficient (Wildman–Crippen LogP) is 8.30. The van der Waals surface area contributed by atoms with Crippen molar-refractivity contribution in [1.82, 2.24) is 0 Å². The molecular formula is C43H56ClN6O16P3. The van der Waals surface area contributed by atoms with Crippen molar-refractivity contribution in [3.8, 4) is 42.7 Å². The molecule has 2 saturated heterocycles. The molecule has 7 atom stereocenters. The highest BCUT2D eigenvalue weighted by Crippen LogP contribution is 2.62. The van der Waals surface area contributed by atoms with Crippen molar-refractivity contribution >= 4 is 40.8 Å². The lowest BCUT2D eigenvalue weighted by molar-refractivity contribution is -0.311. The molecule has 1 aromatic rings. The molecule has 5 rings (SSSR count). The zero-order valence-corrected chi connectivity index (χ0v) is 41.6. The standard InChI is InChI=1S/C43H56ClN6O16P3/c1-3-5-28-55-67(51,56-29-8-21-45)64-39-36-37(63-43(62-36)17-6-7-18-43)40(65-68(52,57-30-9-22-46)58-31-10-23-47)41(66-69(53,59-32-11-24-48)60-33-12-25-49)38(39)61-42(54-4-2)19-26-50(27-20-42)35-15-13-34(44)14-16-35/h1,13-16,36-41H,4-12,17-20,26-33H2,2H3/t36-,37+,38+,39-,40-,41-,67?/m1/s1. The number of ether oxygens (including phenoxy) is 4. The molecule has 26 heteroatoms. The van der Waals surface area contributed by atoms with Crippen molar-refractivity contribution in [3.05, 3.63) is 29.3 Å². The molecule has 2 heterocycles. The SMILES string of the molecule is C#CCCOP(=O)(OCCC#N)O[C@H]1[C@H](OC2(OCC)CCN(c3ccc(Cl)cc3)CC2)[C@@H](OP(=O)(OCCC#N)OCCC#N)[C@H](OP(=O)(OCCC#N)OCCC#N)[C@H]2OC3(CCCC3)O[C@H]21. The third kappa shape index (κ3) is 16.0. The summed E-state index contributed by atoms with van der Waals surface area (Å²) in [6.45, 7) is -0.189. The van der Waals surface area contributed by atoms with Crippen molar-refractivity contribution in [2.75, 3.05) is 64.2 Å². The lowest BCUT2D eigenvalue weighted by Gasteiger charge is -2.51. The van der Waals surface area contributed by atoms with Crippen LogP contribution < -0.4 is 4.90 Å². The van der Waals surface area contributed by atoms with Gasteiger partial charge in [0.05, 0.1) is 102 Å². The minimum atomic E-state index is -5.00. The smallest absolute Gasteiger partial charge is 0.371 e. The summed E-state index contributed by atoms with van der Waals surface area (Å²) in [6, 6.07) is 16.7. The average molecular weight is 1040 g/mol. The lowest BCUT2D eigenvalue weighted by Crippen LogP contribution is -2.67. The number of phosphoric acid groups is 3. The van der Waals surface area contributed by atoms with Gasteiger partial charge in [-0.3, -0.25) is 40.7 Å². The molecule has 4 fully saturated rings. The molecule has 1 unspecified atom stereocenters. The van der Waals surface area contributed by atoms with Crippen LogP contribution in [0.1, 0.15) is 84.0 Å². The minimum absolute atomic E-state index is 0.0380. The maximum absolute atomic E-state index is 15.0. The molecule has 4 aliphatic rings. The highest BCUT2D eigenvalue weighted by molar-refractivity contribution is 7.49. The molecule has 0 bridgehead atoms. The maximum atomic E-state index is 15.0. The Labute approximate surface area is 407 Å². The summed E-state index contributed by atoms with van der Waals surface area (Å²) >= 11 is 6.20. The second-order valence-electron chi connectivity index (χ2n) is 15.7. The van der Waals surface area contributed by atoms with Gasteiger partial charge >= 0.3 is 23.5 Å². The molecule has 2 aliphatic carbocycles. The summed E-state index contributed by atoms with van der Waals surface area (Å²) < 4.78 is 125. The van der Waals surface area contributed by atoms with E-state index in [1.807, 2.05) is 42.5 Å². The Morgan fingerprint density at radius 2 is 1.01 bits per heavy atom. The molecule has 0 amide bonds. The van der Waals surface area contributed by atoms with Crippen molar-refractivity contribution in [3.63, 3.8) is 0 Å². The number of anilines is 1. The van der Waals surface area contributed by atoms with E-state index in [-0.39, 0.29) is 64.6 Å². The zero-order chi connectivity index (χ0) is 49.8. The summed E-state index contributed by atoms with van der Waals surface area (Å²) in [5, 5.41) is 47.5. The second-order valence-corrected chi connectivity index (χ2v) is 21.0. The number of fused-ring (bicyclic) bond motifs is 1. The fraction of sp³-hybridized carbons (Fsp3) is 0.698. The largest absolute Gasteiger partial charge is 0.475 e. The first kappa shape index (κ1) is 56.4. The van der Waals surface area contributed by atoms with Crippen LogP contribution in [-0.2, 0) is 73.4 Å². The van der Waals surface area contributed by atoms with E-state index in [4.69, 9.17) is 77.7 Å². The third-order valence-electron chi connectivity index (χ3n) is 11.0. The van der Waals surface area contributed by atoms with Crippen LogP contribution in [0.3, 0.4) is 0 Å². The van der Waals surface area contributed by atoms with Gasteiger partial charge in [0.1, 0.15) is 36.6 Å². The van der Waals surface area contributed by atoms with E-state index in [1.54, 1.807) is 19.1 Å². The molecular weight excluding hydrogens is 985 g/mol. The Bertz CT molecular complexity index is 2160.